The van der Waals surface area contributed by atoms with Crippen LogP contribution in [-0.4, -0.2) is 23.8 Å². The van der Waals surface area contributed by atoms with Crippen molar-refractivity contribution >= 4 is 29.2 Å². The van der Waals surface area contributed by atoms with Crippen LogP contribution in [0.1, 0.15) is 96.8 Å². The van der Waals surface area contributed by atoms with Gasteiger partial charge in [-0.25, -0.2) is 0 Å². The van der Waals surface area contributed by atoms with Crippen molar-refractivity contribution in [2.45, 2.75) is 108 Å². The number of alkyl halides is 2. The predicted molar refractivity (Wildman–Crippen MR) is 102 cm³/mol. The number of halogens is 2. The second kappa shape index (κ2) is 16.9. The van der Waals surface area contributed by atoms with Crippen molar-refractivity contribution in [1.82, 2.24) is 0 Å². The molecule has 2 atom stereocenters. The number of carbonyl (C=O) groups excluding carboxylic acids is 1. The van der Waals surface area contributed by atoms with Gasteiger partial charge in [-0.3, -0.25) is 4.79 Å². The fourth-order valence-electron chi connectivity index (χ4n) is 2.72. The van der Waals surface area contributed by atoms with Gasteiger partial charge in [0.25, 0.3) is 0 Å². The van der Waals surface area contributed by atoms with Gasteiger partial charge < -0.3 is 4.74 Å². The molecule has 0 aliphatic heterocycles. The second-order valence-corrected chi connectivity index (χ2v) is 7.59. The Bertz CT molecular complexity index is 272. The Labute approximate surface area is 153 Å². The van der Waals surface area contributed by atoms with Crippen LogP contribution in [0.5, 0.6) is 0 Å². The molecule has 0 heterocycles. The van der Waals surface area contributed by atoms with Gasteiger partial charge in [-0.2, -0.15) is 0 Å². The normalized spacial score (nSPS) is 13.7. The summed E-state index contributed by atoms with van der Waals surface area (Å²) < 4.78 is 4.62. The number of carbonyl (C=O) groups is 1. The SMILES string of the molecule is CCCCCCCC[C@@H](Cl)[C@H](Cl)CCCCCCCC(=O)OC. The first-order valence-corrected chi connectivity index (χ1v) is 10.3. The number of hydrogen-bond donors (Lipinski definition) is 0. The van der Waals surface area contributed by atoms with Gasteiger partial charge in [0.15, 0.2) is 0 Å². The second-order valence-electron chi connectivity index (χ2n) is 6.47. The van der Waals surface area contributed by atoms with Crippen molar-refractivity contribution in [3.63, 3.8) is 0 Å². The van der Waals surface area contributed by atoms with Gasteiger partial charge in [-0.05, 0) is 19.3 Å². The van der Waals surface area contributed by atoms with Crippen LogP contribution < -0.4 is 0 Å². The summed E-state index contributed by atoms with van der Waals surface area (Å²) in [5, 5.41) is 0.213. The Morgan fingerprint density at radius 2 is 1.22 bits per heavy atom. The molecule has 4 heteroatoms. The monoisotopic (exact) mass is 366 g/mol. The Kier molecular flexibility index (Phi) is 16.9. The fraction of sp³-hybridized carbons (Fsp3) is 0.947. The fourth-order valence-corrected chi connectivity index (χ4v) is 3.28. The molecule has 0 aliphatic rings. The van der Waals surface area contributed by atoms with Crippen LogP contribution in [0.2, 0.25) is 0 Å². The van der Waals surface area contributed by atoms with E-state index in [0.29, 0.717) is 6.42 Å². The van der Waals surface area contributed by atoms with Gasteiger partial charge in [-0.1, -0.05) is 71.1 Å². The van der Waals surface area contributed by atoms with Crippen molar-refractivity contribution < 1.29 is 9.53 Å². The number of rotatable bonds is 16. The molecule has 0 rings (SSSR count). The van der Waals surface area contributed by atoms with Crippen LogP contribution >= 0.6 is 23.2 Å². The highest BCUT2D eigenvalue weighted by molar-refractivity contribution is 6.29. The van der Waals surface area contributed by atoms with Crippen LogP contribution in [-0.2, 0) is 9.53 Å². The summed E-state index contributed by atoms with van der Waals surface area (Å²) in [6.45, 7) is 2.24. The molecular formula is C19H36Cl2O2. The minimum absolute atomic E-state index is 0.0994. The maximum Gasteiger partial charge on any atom is 0.305 e. The van der Waals surface area contributed by atoms with Gasteiger partial charge in [-0.15, -0.1) is 23.2 Å². The quantitative estimate of drug-likeness (QED) is 0.169. The lowest BCUT2D eigenvalue weighted by Crippen LogP contribution is -2.14. The van der Waals surface area contributed by atoms with Gasteiger partial charge in [0.2, 0.25) is 0 Å². The molecule has 0 radical (unpaired) electrons. The minimum atomic E-state index is -0.106. The zero-order valence-corrected chi connectivity index (χ0v) is 16.6. The highest BCUT2D eigenvalue weighted by atomic mass is 35.5. The smallest absolute Gasteiger partial charge is 0.305 e. The molecule has 0 N–H and O–H groups in total. The third kappa shape index (κ3) is 15.3. The minimum Gasteiger partial charge on any atom is -0.469 e. The lowest BCUT2D eigenvalue weighted by Gasteiger charge is -2.16. The summed E-state index contributed by atoms with van der Waals surface area (Å²) in [5.41, 5.74) is 0. The maximum absolute atomic E-state index is 11.0. The van der Waals surface area contributed by atoms with Gasteiger partial charge in [0.1, 0.15) is 0 Å². The van der Waals surface area contributed by atoms with Crippen molar-refractivity contribution in [3.8, 4) is 0 Å². The van der Waals surface area contributed by atoms with Gasteiger partial charge >= 0.3 is 5.97 Å². The van der Waals surface area contributed by atoms with E-state index in [1.165, 1.54) is 52.1 Å². The molecule has 23 heavy (non-hydrogen) atoms. The summed E-state index contributed by atoms with van der Waals surface area (Å²) in [6, 6.07) is 0. The Hall–Kier alpha value is 0.0500. The summed E-state index contributed by atoms with van der Waals surface area (Å²) in [5.74, 6) is -0.106. The van der Waals surface area contributed by atoms with E-state index in [0.717, 1.165) is 38.5 Å². The van der Waals surface area contributed by atoms with Crippen molar-refractivity contribution in [2.24, 2.45) is 0 Å². The summed E-state index contributed by atoms with van der Waals surface area (Å²) in [6.07, 6.45) is 15.9. The number of hydrogen-bond acceptors (Lipinski definition) is 2. The number of unbranched alkanes of at least 4 members (excludes halogenated alkanes) is 9. The predicted octanol–water partition coefficient (Wildman–Crippen LogP) is 6.86. The number of methoxy groups -OCH3 is 1. The van der Waals surface area contributed by atoms with E-state index >= 15 is 0 Å². The van der Waals surface area contributed by atoms with E-state index in [-0.39, 0.29) is 16.7 Å². The van der Waals surface area contributed by atoms with Crippen LogP contribution in [0.25, 0.3) is 0 Å². The molecule has 0 aliphatic carbocycles. The van der Waals surface area contributed by atoms with Crippen LogP contribution in [0.3, 0.4) is 0 Å². The maximum atomic E-state index is 11.0. The van der Waals surface area contributed by atoms with Gasteiger partial charge in [0.05, 0.1) is 7.11 Å². The first-order valence-electron chi connectivity index (χ1n) is 9.46. The molecular weight excluding hydrogens is 331 g/mol. The van der Waals surface area contributed by atoms with Crippen molar-refractivity contribution in [3.05, 3.63) is 0 Å². The number of esters is 1. The largest absolute Gasteiger partial charge is 0.469 e. The molecule has 2 nitrogen and oxygen atoms in total. The van der Waals surface area contributed by atoms with E-state index in [1.807, 2.05) is 0 Å². The Morgan fingerprint density at radius 3 is 1.70 bits per heavy atom. The average Bonchev–Trinajstić information content (AvgIpc) is 2.56. The molecule has 0 fully saturated rings. The van der Waals surface area contributed by atoms with E-state index in [9.17, 15) is 4.79 Å². The van der Waals surface area contributed by atoms with Crippen LogP contribution in [0.15, 0.2) is 0 Å². The zero-order valence-electron chi connectivity index (χ0n) is 15.1. The first kappa shape index (κ1) is 23.1. The molecule has 0 amide bonds. The molecule has 0 unspecified atom stereocenters. The highest BCUT2D eigenvalue weighted by Crippen LogP contribution is 2.23. The molecule has 138 valence electrons. The van der Waals surface area contributed by atoms with E-state index < -0.39 is 0 Å². The summed E-state index contributed by atoms with van der Waals surface area (Å²) in [7, 11) is 1.44. The van der Waals surface area contributed by atoms with Crippen molar-refractivity contribution in [1.29, 1.82) is 0 Å². The Morgan fingerprint density at radius 1 is 0.783 bits per heavy atom. The lowest BCUT2D eigenvalue weighted by molar-refractivity contribution is -0.140. The molecule has 0 saturated heterocycles. The zero-order chi connectivity index (χ0) is 17.3. The standard InChI is InChI=1S/C19H36Cl2O2/c1-3-4-5-6-8-11-14-17(20)18(21)15-12-9-7-10-13-16-19(22)23-2/h17-18H,3-16H2,1-2H3/t17-,18-/m1/s1. The number of ether oxygens (including phenoxy) is 1. The molecule has 0 saturated carbocycles. The van der Waals surface area contributed by atoms with E-state index in [1.54, 1.807) is 0 Å². The topological polar surface area (TPSA) is 26.3 Å². The molecule has 0 aromatic carbocycles. The highest BCUT2D eigenvalue weighted by Gasteiger charge is 2.15. The van der Waals surface area contributed by atoms with Crippen LogP contribution in [0.4, 0.5) is 0 Å². The lowest BCUT2D eigenvalue weighted by atomic mass is 10.0. The van der Waals surface area contributed by atoms with Crippen molar-refractivity contribution in [2.75, 3.05) is 7.11 Å². The van der Waals surface area contributed by atoms with E-state index in [4.69, 9.17) is 23.2 Å². The Balaban J connectivity index is 3.40. The summed E-state index contributed by atoms with van der Waals surface area (Å²) in [4.78, 5) is 11.0. The molecule has 0 bridgehead atoms. The van der Waals surface area contributed by atoms with Gasteiger partial charge in [0, 0.05) is 17.2 Å². The molecule has 0 aromatic heterocycles. The third-order valence-corrected chi connectivity index (χ3v) is 5.49. The van der Waals surface area contributed by atoms with E-state index in [2.05, 4.69) is 11.7 Å². The first-order chi connectivity index (χ1) is 11.1. The summed E-state index contributed by atoms with van der Waals surface area (Å²) >= 11 is 12.8. The third-order valence-electron chi connectivity index (χ3n) is 4.31. The average molecular weight is 367 g/mol. The van der Waals surface area contributed by atoms with Crippen LogP contribution in [0, 0.1) is 0 Å². The molecule has 0 aromatic rings. The molecule has 0 spiro atoms.